The summed E-state index contributed by atoms with van der Waals surface area (Å²) in [6, 6.07) is 8.43. The SMILES string of the molecule is CCSc1sccc1[C@@H]1C(C#N)=C(N)N(c2ccc(Cl)cc2[N+](=O)[O-])C2=C1C(=O)CCC2. The Morgan fingerprint density at radius 1 is 1.41 bits per heavy atom. The largest absolute Gasteiger partial charge is 0.384 e. The van der Waals surface area contributed by atoms with Crippen molar-refractivity contribution in [1.29, 1.82) is 5.26 Å². The molecule has 0 fully saturated rings. The topological polar surface area (TPSA) is 113 Å². The van der Waals surface area contributed by atoms with E-state index in [0.717, 1.165) is 15.5 Å². The van der Waals surface area contributed by atoms with Crippen molar-refractivity contribution < 1.29 is 9.72 Å². The average Bonchev–Trinajstić information content (AvgIpc) is 3.21. The summed E-state index contributed by atoms with van der Waals surface area (Å²) in [6.07, 6.45) is 1.50. The van der Waals surface area contributed by atoms with Crippen molar-refractivity contribution in [2.75, 3.05) is 10.7 Å². The van der Waals surface area contributed by atoms with Gasteiger partial charge in [-0.2, -0.15) is 5.26 Å². The monoisotopic (exact) mass is 486 g/mol. The number of thioether (sulfide) groups is 1. The van der Waals surface area contributed by atoms with Gasteiger partial charge < -0.3 is 5.73 Å². The first-order chi connectivity index (χ1) is 15.4. The van der Waals surface area contributed by atoms with Gasteiger partial charge in [0.1, 0.15) is 11.5 Å². The van der Waals surface area contributed by atoms with Crippen LogP contribution in [-0.2, 0) is 4.79 Å². The van der Waals surface area contributed by atoms with E-state index in [-0.39, 0.29) is 33.6 Å². The lowest BCUT2D eigenvalue weighted by molar-refractivity contribution is -0.384. The fraction of sp³-hybridized carbons (Fsp3) is 0.273. The number of Topliss-reactive ketones (excluding diaryl/α,β-unsaturated/α-hetero) is 1. The molecule has 0 spiro atoms. The van der Waals surface area contributed by atoms with Crippen LogP contribution in [0.4, 0.5) is 11.4 Å². The Bertz CT molecular complexity index is 1230. The number of benzene rings is 1. The summed E-state index contributed by atoms with van der Waals surface area (Å²) in [5.41, 5.74) is 8.71. The zero-order valence-corrected chi connectivity index (χ0v) is 19.5. The number of carbonyl (C=O) groups is 1. The molecular weight excluding hydrogens is 468 g/mol. The summed E-state index contributed by atoms with van der Waals surface area (Å²) in [6.45, 7) is 2.04. The van der Waals surface area contributed by atoms with Crippen LogP contribution < -0.4 is 10.6 Å². The van der Waals surface area contributed by atoms with Crippen molar-refractivity contribution in [3.05, 3.63) is 73.0 Å². The molecule has 1 aromatic carbocycles. The molecule has 4 rings (SSSR count). The Kier molecular flexibility index (Phi) is 6.29. The van der Waals surface area contributed by atoms with Gasteiger partial charge >= 0.3 is 0 Å². The van der Waals surface area contributed by atoms with Crippen molar-refractivity contribution in [3.8, 4) is 6.07 Å². The second kappa shape index (κ2) is 8.98. The first kappa shape index (κ1) is 22.4. The Hall–Kier alpha value is -2.80. The number of carbonyl (C=O) groups excluding carboxylic acids is 1. The minimum absolute atomic E-state index is 0.0586. The minimum atomic E-state index is -0.578. The highest BCUT2D eigenvalue weighted by atomic mass is 35.5. The van der Waals surface area contributed by atoms with Gasteiger partial charge in [0, 0.05) is 28.8 Å². The summed E-state index contributed by atoms with van der Waals surface area (Å²) >= 11 is 9.23. The standard InChI is InChI=1S/C22H19ClN4O3S2/c1-2-31-22-13(8-9-32-22)19-14(11-24)21(25)26(16-4-3-5-18(28)20(16)19)15-7-6-12(23)10-17(15)27(29)30/h6-10,19H,2-5,25H2,1H3/t19-/m1/s1. The summed E-state index contributed by atoms with van der Waals surface area (Å²) in [5.74, 6) is 0.321. The van der Waals surface area contributed by atoms with Gasteiger partial charge in [0.25, 0.3) is 5.69 Å². The molecule has 1 aliphatic heterocycles. The Balaban J connectivity index is 2.00. The van der Waals surface area contributed by atoms with Crippen molar-refractivity contribution in [2.24, 2.45) is 5.73 Å². The van der Waals surface area contributed by atoms with Crippen LogP contribution in [0.1, 0.15) is 37.7 Å². The highest BCUT2D eigenvalue weighted by Crippen LogP contribution is 2.50. The van der Waals surface area contributed by atoms with Crippen molar-refractivity contribution in [3.63, 3.8) is 0 Å². The smallest absolute Gasteiger partial charge is 0.294 e. The van der Waals surface area contributed by atoms with Crippen LogP contribution in [0.15, 0.2) is 56.5 Å². The van der Waals surface area contributed by atoms with Crippen LogP contribution in [-0.4, -0.2) is 16.5 Å². The molecule has 0 saturated heterocycles. The van der Waals surface area contributed by atoms with E-state index in [1.807, 2.05) is 18.4 Å². The van der Waals surface area contributed by atoms with Gasteiger partial charge in [0.2, 0.25) is 0 Å². The number of nitrogens with zero attached hydrogens (tertiary/aromatic N) is 3. The predicted octanol–water partition coefficient (Wildman–Crippen LogP) is 5.73. The molecule has 1 atom stereocenters. The molecular formula is C22H19ClN4O3S2. The zero-order valence-electron chi connectivity index (χ0n) is 17.1. The molecule has 2 aliphatic rings. The van der Waals surface area contributed by atoms with Gasteiger partial charge in [0.15, 0.2) is 5.78 Å². The number of hydrogen-bond donors (Lipinski definition) is 1. The Morgan fingerprint density at radius 2 is 2.19 bits per heavy atom. The quantitative estimate of drug-likeness (QED) is 0.326. The van der Waals surface area contributed by atoms with E-state index >= 15 is 0 Å². The van der Waals surface area contributed by atoms with Crippen LogP contribution in [0.3, 0.4) is 0 Å². The summed E-state index contributed by atoms with van der Waals surface area (Å²) in [4.78, 5) is 26.0. The number of anilines is 1. The molecule has 0 unspecified atom stereocenters. The van der Waals surface area contributed by atoms with Crippen LogP contribution in [0.5, 0.6) is 0 Å². The summed E-state index contributed by atoms with van der Waals surface area (Å²) in [7, 11) is 0. The van der Waals surface area contributed by atoms with Crippen LogP contribution in [0.2, 0.25) is 5.02 Å². The van der Waals surface area contributed by atoms with E-state index in [2.05, 4.69) is 6.07 Å². The lowest BCUT2D eigenvalue weighted by Crippen LogP contribution is -2.39. The summed E-state index contributed by atoms with van der Waals surface area (Å²) in [5, 5.41) is 24.1. The normalized spacial score (nSPS) is 18.6. The number of halogens is 1. The third-order valence-electron chi connectivity index (χ3n) is 5.53. The van der Waals surface area contributed by atoms with Gasteiger partial charge in [-0.05, 0) is 47.7 Å². The molecule has 0 bridgehead atoms. The number of nitro benzene ring substituents is 1. The molecule has 164 valence electrons. The molecule has 7 nitrogen and oxygen atoms in total. The van der Waals surface area contributed by atoms with E-state index in [9.17, 15) is 20.2 Å². The number of allylic oxidation sites excluding steroid dienone is 3. The van der Waals surface area contributed by atoms with Gasteiger partial charge in [0.05, 0.1) is 26.7 Å². The maximum Gasteiger partial charge on any atom is 0.294 e. The van der Waals surface area contributed by atoms with E-state index in [1.165, 1.54) is 23.1 Å². The van der Waals surface area contributed by atoms with Crippen LogP contribution >= 0.6 is 34.7 Å². The van der Waals surface area contributed by atoms with Crippen molar-refractivity contribution in [2.45, 2.75) is 36.3 Å². The second-order valence-corrected chi connectivity index (χ2v) is 10.2. The third-order valence-corrected chi connectivity index (χ3v) is 7.92. The lowest BCUT2D eigenvalue weighted by Gasteiger charge is -2.39. The Labute approximate surface area is 198 Å². The van der Waals surface area contributed by atoms with E-state index in [0.29, 0.717) is 30.5 Å². The Morgan fingerprint density at radius 3 is 2.88 bits per heavy atom. The number of nitro groups is 1. The van der Waals surface area contributed by atoms with Gasteiger partial charge in [-0.15, -0.1) is 23.1 Å². The predicted molar refractivity (Wildman–Crippen MR) is 127 cm³/mol. The number of rotatable bonds is 5. The van der Waals surface area contributed by atoms with Gasteiger partial charge in [-0.25, -0.2) is 0 Å². The number of thiophene rings is 1. The number of hydrogen-bond acceptors (Lipinski definition) is 8. The maximum atomic E-state index is 13.2. The molecule has 32 heavy (non-hydrogen) atoms. The highest BCUT2D eigenvalue weighted by Gasteiger charge is 2.42. The fourth-order valence-corrected chi connectivity index (χ4v) is 6.51. The second-order valence-electron chi connectivity index (χ2n) is 7.30. The van der Waals surface area contributed by atoms with Crippen molar-refractivity contribution >= 4 is 51.9 Å². The molecule has 0 saturated carbocycles. The van der Waals surface area contributed by atoms with Crippen molar-refractivity contribution in [1.82, 2.24) is 0 Å². The molecule has 1 aliphatic carbocycles. The van der Waals surface area contributed by atoms with E-state index in [4.69, 9.17) is 17.3 Å². The first-order valence-corrected chi connectivity index (χ1v) is 12.2. The van der Waals surface area contributed by atoms with Crippen LogP contribution in [0, 0.1) is 21.4 Å². The number of nitrogens with two attached hydrogens (primary N) is 1. The lowest BCUT2D eigenvalue weighted by atomic mass is 9.76. The first-order valence-electron chi connectivity index (χ1n) is 9.99. The molecule has 10 heteroatoms. The molecule has 0 amide bonds. The fourth-order valence-electron chi connectivity index (χ4n) is 4.27. The zero-order chi connectivity index (χ0) is 23.0. The molecule has 2 aromatic rings. The maximum absolute atomic E-state index is 13.2. The van der Waals surface area contributed by atoms with E-state index < -0.39 is 10.8 Å². The summed E-state index contributed by atoms with van der Waals surface area (Å²) < 4.78 is 1.04. The molecule has 2 heterocycles. The van der Waals surface area contributed by atoms with Crippen LogP contribution in [0.25, 0.3) is 0 Å². The van der Waals surface area contributed by atoms with E-state index in [1.54, 1.807) is 23.1 Å². The van der Waals surface area contributed by atoms with Gasteiger partial charge in [-0.3, -0.25) is 19.8 Å². The average molecular weight is 487 g/mol. The minimum Gasteiger partial charge on any atom is -0.384 e. The molecule has 2 N–H and O–H groups in total. The molecule has 1 aromatic heterocycles. The number of ketones is 1. The number of nitriles is 1. The molecule has 0 radical (unpaired) electrons. The van der Waals surface area contributed by atoms with Gasteiger partial charge in [-0.1, -0.05) is 18.5 Å². The third kappa shape index (κ3) is 3.68. The highest BCUT2D eigenvalue weighted by molar-refractivity contribution is 8.01.